The Morgan fingerprint density at radius 1 is 1.39 bits per heavy atom. The van der Waals surface area contributed by atoms with Gasteiger partial charge in [0, 0.05) is 17.5 Å². The van der Waals surface area contributed by atoms with Crippen molar-refractivity contribution in [3.8, 4) is 11.3 Å². The van der Waals surface area contributed by atoms with Crippen LogP contribution in [0.4, 0.5) is 0 Å². The number of imidazole rings is 1. The second-order valence-electron chi connectivity index (χ2n) is 3.82. The number of benzene rings is 1. The number of aromatic carboxylic acids is 1. The largest absolute Gasteiger partial charge is 0.476 e. The molecule has 0 aliphatic rings. The molecule has 0 spiro atoms. The Hall–Kier alpha value is -1.75. The third kappa shape index (κ3) is 2.41. The third-order valence-electron chi connectivity index (χ3n) is 2.58. The van der Waals surface area contributed by atoms with Gasteiger partial charge in [-0.25, -0.2) is 9.78 Å². The van der Waals surface area contributed by atoms with Crippen LogP contribution in [0.2, 0.25) is 0 Å². The zero-order chi connectivity index (χ0) is 13.1. The molecule has 94 valence electrons. The van der Waals surface area contributed by atoms with Gasteiger partial charge in [0.2, 0.25) is 0 Å². The number of thioether (sulfide) groups is 1. The Bertz CT molecular complexity index is 561. The van der Waals surface area contributed by atoms with Gasteiger partial charge in [0.1, 0.15) is 0 Å². The van der Waals surface area contributed by atoms with E-state index in [1.54, 1.807) is 23.4 Å². The molecule has 1 aromatic carbocycles. The zero-order valence-corrected chi connectivity index (χ0v) is 11.1. The normalized spacial score (nSPS) is 10.6. The predicted octanol–water partition coefficient (Wildman–Crippen LogP) is 2.90. The van der Waals surface area contributed by atoms with Gasteiger partial charge >= 0.3 is 5.97 Å². The van der Waals surface area contributed by atoms with Crippen LogP contribution >= 0.6 is 11.8 Å². The molecule has 4 nitrogen and oxygen atoms in total. The van der Waals surface area contributed by atoms with Crippen molar-refractivity contribution in [1.82, 2.24) is 9.55 Å². The van der Waals surface area contributed by atoms with Crippen molar-refractivity contribution in [3.05, 3.63) is 36.3 Å². The van der Waals surface area contributed by atoms with Crippen LogP contribution in [0.25, 0.3) is 11.3 Å². The van der Waals surface area contributed by atoms with Crippen LogP contribution in [-0.4, -0.2) is 26.4 Å². The Balaban J connectivity index is 2.42. The van der Waals surface area contributed by atoms with Gasteiger partial charge in [0.25, 0.3) is 0 Å². The quantitative estimate of drug-likeness (QED) is 0.861. The molecule has 0 atom stereocenters. The van der Waals surface area contributed by atoms with Gasteiger partial charge in [-0.2, -0.15) is 0 Å². The molecule has 18 heavy (non-hydrogen) atoms. The molecule has 0 fully saturated rings. The number of rotatable bonds is 4. The highest BCUT2D eigenvalue weighted by atomic mass is 32.2. The lowest BCUT2D eigenvalue weighted by molar-refractivity contribution is 0.0692. The fraction of sp³-hybridized carbons (Fsp3) is 0.231. The van der Waals surface area contributed by atoms with Crippen molar-refractivity contribution in [2.24, 2.45) is 7.05 Å². The summed E-state index contributed by atoms with van der Waals surface area (Å²) in [7, 11) is 1.80. The first-order valence-corrected chi connectivity index (χ1v) is 6.60. The van der Waals surface area contributed by atoms with E-state index in [0.29, 0.717) is 5.69 Å². The zero-order valence-electron chi connectivity index (χ0n) is 10.3. The summed E-state index contributed by atoms with van der Waals surface area (Å²) in [6.07, 6.45) is 1.52. The highest BCUT2D eigenvalue weighted by Gasteiger charge is 2.16. The summed E-state index contributed by atoms with van der Waals surface area (Å²) >= 11 is 1.76. The monoisotopic (exact) mass is 262 g/mol. The van der Waals surface area contributed by atoms with Crippen molar-refractivity contribution < 1.29 is 9.90 Å². The summed E-state index contributed by atoms with van der Waals surface area (Å²) in [5.41, 5.74) is 1.59. The highest BCUT2D eigenvalue weighted by molar-refractivity contribution is 7.99. The maximum Gasteiger partial charge on any atom is 0.356 e. The average molecular weight is 262 g/mol. The van der Waals surface area contributed by atoms with Gasteiger partial charge < -0.3 is 9.67 Å². The van der Waals surface area contributed by atoms with E-state index in [4.69, 9.17) is 5.11 Å². The van der Waals surface area contributed by atoms with E-state index < -0.39 is 5.97 Å². The minimum absolute atomic E-state index is 0.0911. The topological polar surface area (TPSA) is 55.1 Å². The second kappa shape index (κ2) is 5.27. The number of carbonyl (C=O) groups is 1. The minimum atomic E-state index is -1.00. The van der Waals surface area contributed by atoms with E-state index in [1.165, 1.54) is 11.2 Å². The molecular formula is C13H14N2O2S. The molecule has 0 aliphatic carbocycles. The molecule has 0 aliphatic heterocycles. The van der Waals surface area contributed by atoms with Gasteiger partial charge in [0.15, 0.2) is 5.69 Å². The molecule has 0 saturated carbocycles. The lowest BCUT2D eigenvalue weighted by Gasteiger charge is -2.05. The van der Waals surface area contributed by atoms with Crippen LogP contribution in [0.15, 0.2) is 35.5 Å². The smallest absolute Gasteiger partial charge is 0.356 e. The number of nitrogens with zero attached hydrogens (tertiary/aromatic N) is 2. The van der Waals surface area contributed by atoms with Crippen LogP contribution in [0.3, 0.4) is 0 Å². The van der Waals surface area contributed by atoms with Gasteiger partial charge in [-0.05, 0) is 17.9 Å². The Labute approximate surface area is 110 Å². The molecule has 0 amide bonds. The first-order valence-electron chi connectivity index (χ1n) is 5.61. The Morgan fingerprint density at radius 3 is 2.61 bits per heavy atom. The number of aryl methyl sites for hydroxylation is 1. The number of aromatic nitrogens is 2. The SMILES string of the molecule is CCSc1ccc(-c2c(C(=O)O)ncn2C)cc1. The molecule has 0 radical (unpaired) electrons. The molecule has 1 N–H and O–H groups in total. The number of hydrogen-bond acceptors (Lipinski definition) is 3. The lowest BCUT2D eigenvalue weighted by atomic mass is 10.1. The Morgan fingerprint density at radius 2 is 2.06 bits per heavy atom. The van der Waals surface area contributed by atoms with Crippen molar-refractivity contribution in [2.45, 2.75) is 11.8 Å². The molecule has 0 unspecified atom stereocenters. The third-order valence-corrected chi connectivity index (χ3v) is 3.47. The van der Waals surface area contributed by atoms with Crippen LogP contribution in [0.5, 0.6) is 0 Å². The van der Waals surface area contributed by atoms with E-state index in [9.17, 15) is 4.79 Å². The van der Waals surface area contributed by atoms with E-state index >= 15 is 0 Å². The van der Waals surface area contributed by atoms with Crippen molar-refractivity contribution in [2.75, 3.05) is 5.75 Å². The van der Waals surface area contributed by atoms with E-state index in [1.807, 2.05) is 24.3 Å². The summed E-state index contributed by atoms with van der Waals surface area (Å²) in [6.45, 7) is 2.10. The first kappa shape index (κ1) is 12.7. The van der Waals surface area contributed by atoms with E-state index in [0.717, 1.165) is 11.3 Å². The molecule has 1 aromatic heterocycles. The van der Waals surface area contributed by atoms with Crippen LogP contribution < -0.4 is 0 Å². The fourth-order valence-electron chi connectivity index (χ4n) is 1.80. The average Bonchev–Trinajstić information content (AvgIpc) is 2.73. The predicted molar refractivity (Wildman–Crippen MR) is 72.0 cm³/mol. The molecular weight excluding hydrogens is 248 g/mol. The number of carboxylic acids is 1. The van der Waals surface area contributed by atoms with Crippen molar-refractivity contribution >= 4 is 17.7 Å². The van der Waals surface area contributed by atoms with E-state index in [-0.39, 0.29) is 5.69 Å². The number of carboxylic acid groups (broad SMARTS) is 1. The van der Waals surface area contributed by atoms with Crippen LogP contribution in [0.1, 0.15) is 17.4 Å². The molecule has 2 rings (SSSR count). The molecule has 2 aromatic rings. The molecule has 0 saturated heterocycles. The standard InChI is InChI=1S/C13H14N2O2S/c1-3-18-10-6-4-9(5-7-10)12-11(13(16)17)14-8-15(12)2/h4-8H,3H2,1-2H3,(H,16,17). The molecule has 0 bridgehead atoms. The maximum atomic E-state index is 11.1. The van der Waals surface area contributed by atoms with Crippen molar-refractivity contribution in [1.29, 1.82) is 0 Å². The summed E-state index contributed by atoms with van der Waals surface area (Å²) in [5, 5.41) is 9.10. The molecule has 1 heterocycles. The van der Waals surface area contributed by atoms with Crippen LogP contribution in [-0.2, 0) is 7.05 Å². The summed E-state index contributed by atoms with van der Waals surface area (Å²) in [5.74, 6) is 0.0171. The second-order valence-corrected chi connectivity index (χ2v) is 5.15. The fourth-order valence-corrected chi connectivity index (χ4v) is 2.46. The van der Waals surface area contributed by atoms with Gasteiger partial charge in [-0.15, -0.1) is 11.8 Å². The van der Waals surface area contributed by atoms with Crippen molar-refractivity contribution in [3.63, 3.8) is 0 Å². The van der Waals surface area contributed by atoms with Crippen LogP contribution in [0, 0.1) is 0 Å². The van der Waals surface area contributed by atoms with Gasteiger partial charge in [0.05, 0.1) is 12.0 Å². The Kier molecular flexibility index (Phi) is 3.72. The molecule has 5 heteroatoms. The van der Waals surface area contributed by atoms with Gasteiger partial charge in [-0.1, -0.05) is 19.1 Å². The minimum Gasteiger partial charge on any atom is -0.476 e. The maximum absolute atomic E-state index is 11.1. The van der Waals surface area contributed by atoms with E-state index in [2.05, 4.69) is 11.9 Å². The summed E-state index contributed by atoms with van der Waals surface area (Å²) in [4.78, 5) is 16.2. The lowest BCUT2D eigenvalue weighted by Crippen LogP contribution is -2.01. The summed E-state index contributed by atoms with van der Waals surface area (Å²) < 4.78 is 1.73. The summed E-state index contributed by atoms with van der Waals surface area (Å²) in [6, 6.07) is 7.87. The van der Waals surface area contributed by atoms with Gasteiger partial charge in [-0.3, -0.25) is 0 Å². The first-order chi connectivity index (χ1) is 8.63. The number of hydrogen-bond donors (Lipinski definition) is 1. The highest BCUT2D eigenvalue weighted by Crippen LogP contribution is 2.26.